The summed E-state index contributed by atoms with van der Waals surface area (Å²) in [4.78, 5) is 24.2. The first-order valence-electron chi connectivity index (χ1n) is 6.14. The number of rotatable bonds is 5. The highest BCUT2D eigenvalue weighted by atomic mass is 16.6. The van der Waals surface area contributed by atoms with Gasteiger partial charge >= 0.3 is 0 Å². The number of amides is 2. The van der Waals surface area contributed by atoms with Crippen LogP contribution in [-0.4, -0.2) is 35.0 Å². The Morgan fingerprint density at radius 1 is 1.31 bits per heavy atom. The van der Waals surface area contributed by atoms with E-state index in [-0.39, 0.29) is 17.4 Å². The second-order valence-electron chi connectivity index (χ2n) is 4.62. The van der Waals surface area contributed by atoms with Crippen molar-refractivity contribution in [2.75, 3.05) is 6.54 Å². The van der Waals surface area contributed by atoms with E-state index in [9.17, 15) is 9.59 Å². The Morgan fingerprint density at radius 3 is 2.38 bits per heavy atom. The van der Waals surface area contributed by atoms with E-state index in [0.29, 0.717) is 25.5 Å². The summed E-state index contributed by atoms with van der Waals surface area (Å²) in [6.45, 7) is 4.74. The van der Waals surface area contributed by atoms with Crippen LogP contribution in [0.15, 0.2) is 0 Å². The first kappa shape index (κ1) is 11.6. The molecule has 0 aromatic heterocycles. The summed E-state index contributed by atoms with van der Waals surface area (Å²) < 4.78 is 5.68. The van der Waals surface area contributed by atoms with Crippen LogP contribution in [0, 0.1) is 0 Å². The number of carbonyl (C=O) groups is 2. The number of ether oxygens (including phenoxy) is 1. The second kappa shape index (κ2) is 4.17. The normalized spacial score (nSPS) is 33.6. The number of carbonyl (C=O) groups excluding carboxylic acids is 2. The molecular formula is C12H19NO3. The van der Waals surface area contributed by atoms with Crippen LogP contribution < -0.4 is 0 Å². The summed E-state index contributed by atoms with van der Waals surface area (Å²) in [5, 5.41) is 0. The molecule has 4 heteroatoms. The number of nitrogens with zero attached hydrogens (tertiary/aromatic N) is 1. The van der Waals surface area contributed by atoms with Gasteiger partial charge < -0.3 is 4.74 Å². The van der Waals surface area contributed by atoms with Gasteiger partial charge in [0.05, 0.1) is 11.7 Å². The molecule has 0 radical (unpaired) electrons. The molecule has 2 amide bonds. The zero-order valence-electron chi connectivity index (χ0n) is 9.99. The van der Waals surface area contributed by atoms with Gasteiger partial charge in [0.1, 0.15) is 0 Å². The van der Waals surface area contributed by atoms with Crippen LogP contribution in [0.1, 0.15) is 46.0 Å². The van der Waals surface area contributed by atoms with Crippen LogP contribution in [0.3, 0.4) is 0 Å². The minimum absolute atomic E-state index is 0.0232. The fourth-order valence-corrected chi connectivity index (χ4v) is 2.59. The Bertz CT molecular complexity index is 299. The number of hydrogen-bond donors (Lipinski definition) is 0. The summed E-state index contributed by atoms with van der Waals surface area (Å²) >= 11 is 0. The Labute approximate surface area is 95.9 Å². The van der Waals surface area contributed by atoms with Gasteiger partial charge in [0.2, 0.25) is 11.8 Å². The van der Waals surface area contributed by atoms with Gasteiger partial charge in [-0.15, -0.1) is 0 Å². The largest absolute Gasteiger partial charge is 0.366 e. The molecule has 2 saturated heterocycles. The van der Waals surface area contributed by atoms with Crippen LogP contribution in [0.5, 0.6) is 0 Å². The zero-order valence-corrected chi connectivity index (χ0v) is 9.99. The molecular weight excluding hydrogens is 206 g/mol. The molecule has 2 unspecified atom stereocenters. The van der Waals surface area contributed by atoms with Crippen LogP contribution in [-0.2, 0) is 14.3 Å². The number of epoxide rings is 1. The van der Waals surface area contributed by atoms with Crippen molar-refractivity contribution >= 4 is 11.8 Å². The quantitative estimate of drug-likeness (QED) is 0.526. The van der Waals surface area contributed by atoms with Crippen molar-refractivity contribution in [1.29, 1.82) is 0 Å². The van der Waals surface area contributed by atoms with E-state index in [2.05, 4.69) is 13.8 Å². The molecule has 2 aliphatic rings. The molecule has 2 atom stereocenters. The molecule has 2 aliphatic heterocycles. The standard InChI is InChI=1S/C12H19NO3/c1-3-9-12(4-2,16-9)7-8-13-10(14)5-6-11(13)15/h9H,3-8H2,1-2H3. The third-order valence-electron chi connectivity index (χ3n) is 3.79. The summed E-state index contributed by atoms with van der Waals surface area (Å²) in [6, 6.07) is 0. The van der Waals surface area contributed by atoms with Crippen molar-refractivity contribution in [3.63, 3.8) is 0 Å². The first-order valence-corrected chi connectivity index (χ1v) is 6.14. The van der Waals surface area contributed by atoms with Gasteiger partial charge in [0.15, 0.2) is 0 Å². The predicted molar refractivity (Wildman–Crippen MR) is 58.8 cm³/mol. The summed E-state index contributed by atoms with van der Waals surface area (Å²) in [5.41, 5.74) is -0.0576. The number of hydrogen-bond acceptors (Lipinski definition) is 3. The number of imide groups is 1. The topological polar surface area (TPSA) is 49.9 Å². The van der Waals surface area contributed by atoms with Gasteiger partial charge in [-0.2, -0.15) is 0 Å². The molecule has 0 bridgehead atoms. The van der Waals surface area contributed by atoms with Crippen molar-refractivity contribution in [3.05, 3.63) is 0 Å². The Hall–Kier alpha value is -0.900. The molecule has 2 rings (SSSR count). The molecule has 0 aromatic rings. The first-order chi connectivity index (χ1) is 7.63. The van der Waals surface area contributed by atoms with Crippen LogP contribution in [0.2, 0.25) is 0 Å². The molecule has 2 fully saturated rings. The zero-order chi connectivity index (χ0) is 11.8. The van der Waals surface area contributed by atoms with E-state index < -0.39 is 0 Å². The molecule has 0 saturated carbocycles. The maximum Gasteiger partial charge on any atom is 0.229 e. The third-order valence-corrected chi connectivity index (χ3v) is 3.79. The highest BCUT2D eigenvalue weighted by molar-refractivity contribution is 6.01. The molecule has 90 valence electrons. The third kappa shape index (κ3) is 1.86. The summed E-state index contributed by atoms with van der Waals surface area (Å²) in [5.74, 6) is -0.0464. The van der Waals surface area contributed by atoms with Crippen molar-refractivity contribution in [2.24, 2.45) is 0 Å². The van der Waals surface area contributed by atoms with E-state index in [4.69, 9.17) is 4.74 Å². The predicted octanol–water partition coefficient (Wildman–Crippen LogP) is 1.48. The molecule has 4 nitrogen and oxygen atoms in total. The minimum Gasteiger partial charge on any atom is -0.366 e. The fourth-order valence-electron chi connectivity index (χ4n) is 2.59. The Balaban J connectivity index is 1.87. The monoisotopic (exact) mass is 225 g/mol. The van der Waals surface area contributed by atoms with Gasteiger partial charge in [-0.3, -0.25) is 14.5 Å². The molecule has 2 heterocycles. The van der Waals surface area contributed by atoms with Crippen molar-refractivity contribution in [2.45, 2.75) is 57.7 Å². The summed E-state index contributed by atoms with van der Waals surface area (Å²) in [6.07, 6.45) is 3.86. The van der Waals surface area contributed by atoms with E-state index in [1.807, 2.05) is 0 Å². The highest BCUT2D eigenvalue weighted by Gasteiger charge is 2.53. The fraction of sp³-hybridized carbons (Fsp3) is 0.833. The average molecular weight is 225 g/mol. The van der Waals surface area contributed by atoms with Crippen LogP contribution in [0.25, 0.3) is 0 Å². The van der Waals surface area contributed by atoms with Gasteiger partial charge in [0.25, 0.3) is 0 Å². The Morgan fingerprint density at radius 2 is 1.94 bits per heavy atom. The lowest BCUT2D eigenvalue weighted by Gasteiger charge is -2.16. The molecule has 0 aromatic carbocycles. The lowest BCUT2D eigenvalue weighted by Crippen LogP contribution is -2.33. The van der Waals surface area contributed by atoms with Crippen molar-refractivity contribution < 1.29 is 14.3 Å². The average Bonchev–Trinajstić information content (AvgIpc) is 2.92. The maximum absolute atomic E-state index is 11.4. The van der Waals surface area contributed by atoms with E-state index >= 15 is 0 Å². The van der Waals surface area contributed by atoms with Crippen LogP contribution >= 0.6 is 0 Å². The van der Waals surface area contributed by atoms with E-state index in [1.165, 1.54) is 4.90 Å². The minimum atomic E-state index is -0.0576. The molecule has 16 heavy (non-hydrogen) atoms. The molecule has 0 spiro atoms. The van der Waals surface area contributed by atoms with Crippen molar-refractivity contribution in [1.82, 2.24) is 4.90 Å². The second-order valence-corrected chi connectivity index (χ2v) is 4.62. The summed E-state index contributed by atoms with van der Waals surface area (Å²) in [7, 11) is 0. The van der Waals surface area contributed by atoms with E-state index in [1.54, 1.807) is 0 Å². The maximum atomic E-state index is 11.4. The Kier molecular flexibility index (Phi) is 3.02. The highest BCUT2D eigenvalue weighted by Crippen LogP contribution is 2.44. The molecule has 0 N–H and O–H groups in total. The smallest absolute Gasteiger partial charge is 0.229 e. The lowest BCUT2D eigenvalue weighted by atomic mass is 9.96. The number of likely N-dealkylation sites (tertiary alicyclic amines) is 1. The van der Waals surface area contributed by atoms with Crippen LogP contribution in [0.4, 0.5) is 0 Å². The van der Waals surface area contributed by atoms with Gasteiger partial charge in [0, 0.05) is 19.4 Å². The van der Waals surface area contributed by atoms with E-state index in [0.717, 1.165) is 19.3 Å². The van der Waals surface area contributed by atoms with Gasteiger partial charge in [-0.25, -0.2) is 0 Å². The SMILES string of the molecule is CCC1OC1(CC)CCN1C(=O)CCC1=O. The van der Waals surface area contributed by atoms with Gasteiger partial charge in [-0.05, 0) is 19.3 Å². The van der Waals surface area contributed by atoms with Gasteiger partial charge in [-0.1, -0.05) is 13.8 Å². The van der Waals surface area contributed by atoms with Crippen molar-refractivity contribution in [3.8, 4) is 0 Å². The lowest BCUT2D eigenvalue weighted by molar-refractivity contribution is -0.138. The molecule has 0 aliphatic carbocycles.